The van der Waals surface area contributed by atoms with Gasteiger partial charge in [-0.15, -0.1) is 12.4 Å². The van der Waals surface area contributed by atoms with E-state index in [0.717, 1.165) is 28.7 Å². The molecule has 116 valence electrons. The number of hydrogen-bond donors (Lipinski definition) is 1. The van der Waals surface area contributed by atoms with E-state index in [1.807, 2.05) is 37.2 Å². The first-order valence-corrected chi connectivity index (χ1v) is 7.31. The summed E-state index contributed by atoms with van der Waals surface area (Å²) in [4.78, 5) is 6.80. The van der Waals surface area contributed by atoms with Crippen molar-refractivity contribution in [2.45, 2.75) is 5.92 Å². The first kappa shape index (κ1) is 16.7. The lowest BCUT2D eigenvalue weighted by molar-refractivity contribution is 0.608. The van der Waals surface area contributed by atoms with Gasteiger partial charge in [0.05, 0.1) is 6.54 Å². The van der Waals surface area contributed by atoms with Crippen molar-refractivity contribution in [2.75, 3.05) is 26.4 Å². The number of benzene rings is 2. The number of nitrogens with two attached hydrogens (primary N) is 1. The molecule has 3 rings (SSSR count). The second kappa shape index (κ2) is 6.59. The summed E-state index contributed by atoms with van der Waals surface area (Å²) >= 11 is 6.21. The molecule has 0 radical (unpaired) electrons. The number of nitrogen functional groups attached to an aromatic ring is 1. The van der Waals surface area contributed by atoms with Gasteiger partial charge in [-0.1, -0.05) is 23.7 Å². The molecule has 1 unspecified atom stereocenters. The highest BCUT2D eigenvalue weighted by Crippen LogP contribution is 2.34. The monoisotopic (exact) mass is 335 g/mol. The molecule has 22 heavy (non-hydrogen) atoms. The third-order valence-electron chi connectivity index (χ3n) is 3.82. The molecule has 0 saturated carbocycles. The van der Waals surface area contributed by atoms with Gasteiger partial charge in [-0.05, 0) is 41.5 Å². The standard InChI is InChI=1S/C17H18ClN3.ClH/c1-21(2)17-14-8-5-12(18)9-15(14)16(10-20-17)11-3-6-13(19)7-4-11;/h3-9,16H,10,19H2,1-2H3;1H. The van der Waals surface area contributed by atoms with Gasteiger partial charge in [0.2, 0.25) is 0 Å². The number of amidine groups is 1. The van der Waals surface area contributed by atoms with Crippen molar-refractivity contribution in [1.82, 2.24) is 4.90 Å². The minimum absolute atomic E-state index is 0. The molecule has 0 aliphatic carbocycles. The van der Waals surface area contributed by atoms with Crippen molar-refractivity contribution in [1.29, 1.82) is 0 Å². The van der Waals surface area contributed by atoms with Crippen LogP contribution in [0.15, 0.2) is 47.5 Å². The quantitative estimate of drug-likeness (QED) is 0.805. The molecular formula is C17H19Cl2N3. The number of fused-ring (bicyclic) bond motifs is 1. The lowest BCUT2D eigenvalue weighted by Gasteiger charge is -2.28. The Morgan fingerprint density at radius 2 is 1.82 bits per heavy atom. The maximum Gasteiger partial charge on any atom is 0.130 e. The Morgan fingerprint density at radius 3 is 2.45 bits per heavy atom. The van der Waals surface area contributed by atoms with Crippen molar-refractivity contribution in [3.05, 3.63) is 64.2 Å². The highest BCUT2D eigenvalue weighted by atomic mass is 35.5. The third-order valence-corrected chi connectivity index (χ3v) is 4.05. The number of halogens is 2. The minimum Gasteiger partial charge on any atom is -0.399 e. The first-order valence-electron chi connectivity index (χ1n) is 6.93. The van der Waals surface area contributed by atoms with E-state index < -0.39 is 0 Å². The van der Waals surface area contributed by atoms with Gasteiger partial charge in [0.25, 0.3) is 0 Å². The minimum atomic E-state index is 0. The molecule has 1 atom stereocenters. The predicted octanol–water partition coefficient (Wildman–Crippen LogP) is 3.80. The van der Waals surface area contributed by atoms with E-state index in [9.17, 15) is 0 Å². The molecule has 3 nitrogen and oxygen atoms in total. The van der Waals surface area contributed by atoms with Crippen molar-refractivity contribution in [3.63, 3.8) is 0 Å². The number of aliphatic imine (C=N–C) groups is 1. The van der Waals surface area contributed by atoms with E-state index in [0.29, 0.717) is 0 Å². The first-order chi connectivity index (χ1) is 10.1. The molecule has 0 saturated heterocycles. The fraction of sp³-hybridized carbons (Fsp3) is 0.235. The lowest BCUT2D eigenvalue weighted by Crippen LogP contribution is -2.29. The van der Waals surface area contributed by atoms with Gasteiger partial charge in [0, 0.05) is 36.3 Å². The van der Waals surface area contributed by atoms with E-state index in [2.05, 4.69) is 24.3 Å². The van der Waals surface area contributed by atoms with Crippen LogP contribution in [-0.2, 0) is 0 Å². The molecule has 0 aromatic heterocycles. The zero-order chi connectivity index (χ0) is 15.0. The van der Waals surface area contributed by atoms with Gasteiger partial charge in [0.1, 0.15) is 5.84 Å². The average molecular weight is 336 g/mol. The summed E-state index contributed by atoms with van der Waals surface area (Å²) in [6, 6.07) is 14.0. The van der Waals surface area contributed by atoms with Crippen molar-refractivity contribution < 1.29 is 0 Å². The SMILES string of the molecule is CN(C)C1=NCC(c2ccc(N)cc2)c2cc(Cl)ccc21.Cl. The van der Waals surface area contributed by atoms with E-state index in [1.54, 1.807) is 0 Å². The lowest BCUT2D eigenvalue weighted by atomic mass is 9.85. The smallest absolute Gasteiger partial charge is 0.130 e. The molecule has 2 N–H and O–H groups in total. The molecule has 0 fully saturated rings. The summed E-state index contributed by atoms with van der Waals surface area (Å²) in [5, 5.41) is 0.759. The van der Waals surface area contributed by atoms with Crippen molar-refractivity contribution in [2.24, 2.45) is 4.99 Å². The molecule has 1 aliphatic rings. The van der Waals surface area contributed by atoms with Crippen LogP contribution >= 0.6 is 24.0 Å². The number of anilines is 1. The average Bonchev–Trinajstić information content (AvgIpc) is 2.46. The summed E-state index contributed by atoms with van der Waals surface area (Å²) in [6.07, 6.45) is 0. The zero-order valence-corrected chi connectivity index (χ0v) is 14.2. The molecule has 0 bridgehead atoms. The van der Waals surface area contributed by atoms with Crippen LogP contribution < -0.4 is 5.73 Å². The zero-order valence-electron chi connectivity index (χ0n) is 12.6. The van der Waals surface area contributed by atoms with E-state index in [1.165, 1.54) is 11.1 Å². The van der Waals surface area contributed by atoms with Crippen molar-refractivity contribution >= 4 is 35.5 Å². The number of nitrogens with zero attached hydrogens (tertiary/aromatic N) is 2. The van der Waals surface area contributed by atoms with E-state index >= 15 is 0 Å². The Morgan fingerprint density at radius 1 is 1.14 bits per heavy atom. The Balaban J connectivity index is 0.00000176. The molecular weight excluding hydrogens is 317 g/mol. The third kappa shape index (κ3) is 3.06. The fourth-order valence-electron chi connectivity index (χ4n) is 2.78. The van der Waals surface area contributed by atoms with Gasteiger partial charge in [-0.3, -0.25) is 4.99 Å². The van der Waals surface area contributed by atoms with Crippen LogP contribution in [0.25, 0.3) is 0 Å². The van der Waals surface area contributed by atoms with Gasteiger partial charge >= 0.3 is 0 Å². The molecule has 2 aromatic carbocycles. The van der Waals surface area contributed by atoms with Gasteiger partial charge in [-0.2, -0.15) is 0 Å². The Kier molecular flexibility index (Phi) is 4.99. The Hall–Kier alpha value is -1.71. The Labute approximate surface area is 142 Å². The molecule has 0 amide bonds. The molecule has 1 aliphatic heterocycles. The van der Waals surface area contributed by atoms with Crippen LogP contribution in [0.5, 0.6) is 0 Å². The molecule has 0 spiro atoms. The van der Waals surface area contributed by atoms with Gasteiger partial charge < -0.3 is 10.6 Å². The van der Waals surface area contributed by atoms with Crippen LogP contribution in [0.3, 0.4) is 0 Å². The second-order valence-corrected chi connectivity index (χ2v) is 5.95. The summed E-state index contributed by atoms with van der Waals surface area (Å²) < 4.78 is 0. The molecule has 2 aromatic rings. The van der Waals surface area contributed by atoms with E-state index in [-0.39, 0.29) is 18.3 Å². The summed E-state index contributed by atoms with van der Waals surface area (Å²) in [7, 11) is 4.03. The van der Waals surface area contributed by atoms with Crippen molar-refractivity contribution in [3.8, 4) is 0 Å². The predicted molar refractivity (Wildman–Crippen MR) is 96.5 cm³/mol. The summed E-state index contributed by atoms with van der Waals surface area (Å²) in [5.41, 5.74) is 10.2. The second-order valence-electron chi connectivity index (χ2n) is 5.51. The topological polar surface area (TPSA) is 41.6 Å². The molecule has 5 heteroatoms. The number of hydrogen-bond acceptors (Lipinski definition) is 3. The van der Waals surface area contributed by atoms with Gasteiger partial charge in [0.15, 0.2) is 0 Å². The van der Waals surface area contributed by atoms with Crippen LogP contribution in [0.4, 0.5) is 5.69 Å². The summed E-state index contributed by atoms with van der Waals surface area (Å²) in [6.45, 7) is 0.727. The highest BCUT2D eigenvalue weighted by molar-refractivity contribution is 6.30. The highest BCUT2D eigenvalue weighted by Gasteiger charge is 2.25. The van der Waals surface area contributed by atoms with Crippen LogP contribution in [0.1, 0.15) is 22.6 Å². The fourth-order valence-corrected chi connectivity index (χ4v) is 2.96. The van der Waals surface area contributed by atoms with Crippen LogP contribution in [-0.4, -0.2) is 31.4 Å². The largest absolute Gasteiger partial charge is 0.399 e. The van der Waals surface area contributed by atoms with Crippen LogP contribution in [0.2, 0.25) is 5.02 Å². The summed E-state index contributed by atoms with van der Waals surface area (Å²) in [5.74, 6) is 1.23. The maximum absolute atomic E-state index is 6.21. The maximum atomic E-state index is 6.21. The normalized spacial score (nSPS) is 16.3. The molecule has 1 heterocycles. The Bertz CT molecular complexity index is 694. The van der Waals surface area contributed by atoms with E-state index in [4.69, 9.17) is 22.3 Å². The van der Waals surface area contributed by atoms with Crippen LogP contribution in [0, 0.1) is 0 Å². The van der Waals surface area contributed by atoms with Gasteiger partial charge in [-0.25, -0.2) is 0 Å². The number of rotatable bonds is 1.